The molecule has 31 heavy (non-hydrogen) atoms. The highest BCUT2D eigenvalue weighted by atomic mass is 19.1. The number of benzene rings is 3. The van der Waals surface area contributed by atoms with Crippen LogP contribution in [0.15, 0.2) is 72.8 Å². The number of carbonyl (C=O) groups is 2. The Kier molecular flexibility index (Phi) is 7.59. The molecule has 2 N–H and O–H groups in total. The van der Waals surface area contributed by atoms with E-state index in [9.17, 15) is 14.0 Å². The van der Waals surface area contributed by atoms with E-state index in [2.05, 4.69) is 10.6 Å². The van der Waals surface area contributed by atoms with Gasteiger partial charge in [-0.3, -0.25) is 9.59 Å². The van der Waals surface area contributed by atoms with E-state index in [-0.39, 0.29) is 37.4 Å². The monoisotopic (exact) mass is 422 g/mol. The van der Waals surface area contributed by atoms with Crippen LogP contribution in [0.1, 0.15) is 11.1 Å². The molecular formula is C24H23FN2O4. The Morgan fingerprint density at radius 1 is 0.871 bits per heavy atom. The van der Waals surface area contributed by atoms with E-state index < -0.39 is 0 Å². The molecule has 0 heterocycles. The molecule has 3 aromatic carbocycles. The number of nitrogens with one attached hydrogen (secondary N) is 2. The summed E-state index contributed by atoms with van der Waals surface area (Å²) in [5.74, 6) is -0.0939. The number of amides is 2. The second kappa shape index (κ2) is 10.8. The Labute approximate surface area is 180 Å². The SMILES string of the molecule is Cc1ccc(CNC(=O)COc2ccccc2NC(=O)COc2ccccc2)cc1F. The van der Waals surface area contributed by atoms with Crippen molar-refractivity contribution >= 4 is 17.5 Å². The first-order valence-corrected chi connectivity index (χ1v) is 9.72. The van der Waals surface area contributed by atoms with Gasteiger partial charge in [0.25, 0.3) is 11.8 Å². The number of anilines is 1. The van der Waals surface area contributed by atoms with Gasteiger partial charge in [-0.05, 0) is 48.4 Å². The van der Waals surface area contributed by atoms with E-state index in [0.717, 1.165) is 0 Å². The first kappa shape index (κ1) is 21.8. The van der Waals surface area contributed by atoms with Crippen LogP contribution in [-0.2, 0) is 16.1 Å². The number of ether oxygens (including phenoxy) is 2. The van der Waals surface area contributed by atoms with E-state index in [1.165, 1.54) is 6.07 Å². The zero-order valence-electron chi connectivity index (χ0n) is 17.1. The van der Waals surface area contributed by atoms with Crippen molar-refractivity contribution in [2.75, 3.05) is 18.5 Å². The summed E-state index contributed by atoms with van der Waals surface area (Å²) in [4.78, 5) is 24.3. The summed E-state index contributed by atoms with van der Waals surface area (Å²) in [5.41, 5.74) is 1.63. The van der Waals surface area contributed by atoms with Crippen molar-refractivity contribution in [3.8, 4) is 11.5 Å². The van der Waals surface area contributed by atoms with Crippen molar-refractivity contribution in [3.05, 3.63) is 89.7 Å². The van der Waals surface area contributed by atoms with E-state index in [4.69, 9.17) is 9.47 Å². The molecule has 0 aliphatic heterocycles. The minimum Gasteiger partial charge on any atom is -0.484 e. The Morgan fingerprint density at radius 2 is 1.58 bits per heavy atom. The molecule has 0 unspecified atom stereocenters. The first-order valence-electron chi connectivity index (χ1n) is 9.72. The molecule has 160 valence electrons. The van der Waals surface area contributed by atoms with Crippen molar-refractivity contribution in [1.82, 2.24) is 5.32 Å². The summed E-state index contributed by atoms with van der Waals surface area (Å²) < 4.78 is 24.6. The average Bonchev–Trinajstić information content (AvgIpc) is 2.78. The molecule has 0 aromatic heterocycles. The predicted octanol–water partition coefficient (Wildman–Crippen LogP) is 3.85. The summed E-state index contributed by atoms with van der Waals surface area (Å²) in [7, 11) is 0. The zero-order chi connectivity index (χ0) is 22.1. The Hall–Kier alpha value is -3.87. The van der Waals surface area contributed by atoms with Gasteiger partial charge in [0.05, 0.1) is 5.69 Å². The smallest absolute Gasteiger partial charge is 0.262 e. The molecule has 0 radical (unpaired) electrons. The molecule has 3 aromatic rings. The lowest BCUT2D eigenvalue weighted by Gasteiger charge is -2.13. The number of para-hydroxylation sites is 3. The molecule has 2 amide bonds. The standard InChI is InChI=1S/C24H23FN2O4/c1-17-11-12-18(13-20(17)25)14-26-23(28)15-31-22-10-6-5-9-21(22)27-24(29)16-30-19-7-3-2-4-8-19/h2-13H,14-16H2,1H3,(H,26,28)(H,27,29). The summed E-state index contributed by atoms with van der Waals surface area (Å²) in [6, 6.07) is 20.6. The summed E-state index contributed by atoms with van der Waals surface area (Å²) in [5, 5.41) is 5.39. The fraction of sp³-hybridized carbons (Fsp3) is 0.167. The average molecular weight is 422 g/mol. The summed E-state index contributed by atoms with van der Waals surface area (Å²) in [6.45, 7) is 1.46. The third-order valence-corrected chi connectivity index (χ3v) is 4.36. The quantitative estimate of drug-likeness (QED) is 0.549. The lowest BCUT2D eigenvalue weighted by molar-refractivity contribution is -0.123. The molecule has 3 rings (SSSR count). The number of hydrogen-bond donors (Lipinski definition) is 2. The third kappa shape index (κ3) is 6.85. The van der Waals surface area contributed by atoms with E-state index >= 15 is 0 Å². The van der Waals surface area contributed by atoms with Gasteiger partial charge < -0.3 is 20.1 Å². The lowest BCUT2D eigenvalue weighted by atomic mass is 10.1. The van der Waals surface area contributed by atoms with Crippen LogP contribution >= 0.6 is 0 Å². The Bertz CT molecular complexity index is 1040. The minimum atomic E-state index is -0.366. The molecule has 0 saturated carbocycles. The molecule has 7 heteroatoms. The maximum Gasteiger partial charge on any atom is 0.262 e. The van der Waals surface area contributed by atoms with Crippen LogP contribution in [0.5, 0.6) is 11.5 Å². The molecule has 0 saturated heterocycles. The lowest BCUT2D eigenvalue weighted by Crippen LogP contribution is -2.28. The van der Waals surface area contributed by atoms with Gasteiger partial charge in [0.2, 0.25) is 0 Å². The van der Waals surface area contributed by atoms with Gasteiger partial charge >= 0.3 is 0 Å². The van der Waals surface area contributed by atoms with Crippen LogP contribution in [0.4, 0.5) is 10.1 Å². The van der Waals surface area contributed by atoms with Gasteiger partial charge in [-0.2, -0.15) is 0 Å². The molecular weight excluding hydrogens is 399 g/mol. The highest BCUT2D eigenvalue weighted by Crippen LogP contribution is 2.23. The van der Waals surface area contributed by atoms with Crippen LogP contribution in [0.2, 0.25) is 0 Å². The van der Waals surface area contributed by atoms with Gasteiger partial charge in [-0.25, -0.2) is 4.39 Å². The molecule has 0 fully saturated rings. The van der Waals surface area contributed by atoms with Crippen molar-refractivity contribution in [2.45, 2.75) is 13.5 Å². The second-order valence-electron chi connectivity index (χ2n) is 6.80. The number of hydrogen-bond acceptors (Lipinski definition) is 4. The molecule has 6 nitrogen and oxygen atoms in total. The molecule has 0 aliphatic carbocycles. The Morgan fingerprint density at radius 3 is 2.35 bits per heavy atom. The molecule has 0 aliphatic rings. The normalized spacial score (nSPS) is 10.3. The fourth-order valence-corrected chi connectivity index (χ4v) is 2.69. The van der Waals surface area contributed by atoms with E-state index in [1.807, 2.05) is 18.2 Å². The van der Waals surface area contributed by atoms with Crippen LogP contribution in [0, 0.1) is 12.7 Å². The number of carbonyl (C=O) groups excluding carboxylic acids is 2. The van der Waals surface area contributed by atoms with Gasteiger partial charge in [0, 0.05) is 6.54 Å². The zero-order valence-corrected chi connectivity index (χ0v) is 17.1. The van der Waals surface area contributed by atoms with Crippen LogP contribution in [0.3, 0.4) is 0 Å². The highest BCUT2D eigenvalue weighted by molar-refractivity contribution is 5.93. The van der Waals surface area contributed by atoms with E-state index in [0.29, 0.717) is 28.3 Å². The van der Waals surface area contributed by atoms with Gasteiger partial charge in [-0.1, -0.05) is 42.5 Å². The largest absolute Gasteiger partial charge is 0.484 e. The number of halogens is 1. The first-order chi connectivity index (χ1) is 15.0. The van der Waals surface area contributed by atoms with Gasteiger partial charge in [0.1, 0.15) is 17.3 Å². The molecule has 0 spiro atoms. The van der Waals surface area contributed by atoms with Crippen molar-refractivity contribution in [3.63, 3.8) is 0 Å². The van der Waals surface area contributed by atoms with Gasteiger partial charge in [0.15, 0.2) is 13.2 Å². The topological polar surface area (TPSA) is 76.7 Å². The maximum atomic E-state index is 13.6. The van der Waals surface area contributed by atoms with Crippen molar-refractivity contribution in [1.29, 1.82) is 0 Å². The van der Waals surface area contributed by atoms with Gasteiger partial charge in [-0.15, -0.1) is 0 Å². The number of rotatable bonds is 9. The maximum absolute atomic E-state index is 13.6. The highest BCUT2D eigenvalue weighted by Gasteiger charge is 2.10. The van der Waals surface area contributed by atoms with E-state index in [1.54, 1.807) is 55.5 Å². The van der Waals surface area contributed by atoms with Crippen molar-refractivity contribution in [2.24, 2.45) is 0 Å². The summed E-state index contributed by atoms with van der Waals surface area (Å²) in [6.07, 6.45) is 0. The van der Waals surface area contributed by atoms with Crippen LogP contribution < -0.4 is 20.1 Å². The van der Waals surface area contributed by atoms with Crippen LogP contribution in [0.25, 0.3) is 0 Å². The predicted molar refractivity (Wildman–Crippen MR) is 115 cm³/mol. The molecule has 0 atom stereocenters. The Balaban J connectivity index is 1.48. The minimum absolute atomic E-state index is 0.161. The number of aryl methyl sites for hydroxylation is 1. The fourth-order valence-electron chi connectivity index (χ4n) is 2.69. The van der Waals surface area contributed by atoms with Crippen molar-refractivity contribution < 1.29 is 23.5 Å². The summed E-state index contributed by atoms with van der Waals surface area (Å²) >= 11 is 0. The molecule has 0 bridgehead atoms. The second-order valence-corrected chi connectivity index (χ2v) is 6.80. The van der Waals surface area contributed by atoms with Crippen LogP contribution in [-0.4, -0.2) is 25.0 Å². The third-order valence-electron chi connectivity index (χ3n) is 4.36.